The van der Waals surface area contributed by atoms with E-state index in [2.05, 4.69) is 51.0 Å². The molecule has 0 saturated carbocycles. The number of nitrogens with one attached hydrogen (secondary N) is 1. The average molecular weight is 302 g/mol. The van der Waals surface area contributed by atoms with E-state index in [1.165, 1.54) is 5.57 Å². The first-order valence-electron chi connectivity index (χ1n) is 7.56. The number of hydrogen-bond acceptors (Lipinski definition) is 2. The molecule has 3 heteroatoms. The Morgan fingerprint density at radius 3 is 2.38 bits per heavy atom. The van der Waals surface area contributed by atoms with Gasteiger partial charge in [-0.15, -0.1) is 0 Å². The Bertz CT molecular complexity index is 538. The Morgan fingerprint density at radius 1 is 1.19 bits per heavy atom. The van der Waals surface area contributed by atoms with Crippen molar-refractivity contribution in [1.29, 1.82) is 0 Å². The van der Waals surface area contributed by atoms with E-state index in [0.29, 0.717) is 0 Å². The van der Waals surface area contributed by atoms with Crippen LogP contribution in [0.4, 0.5) is 5.69 Å². The van der Waals surface area contributed by atoms with Gasteiger partial charge in [0.25, 0.3) is 0 Å². The van der Waals surface area contributed by atoms with Crippen molar-refractivity contribution in [2.75, 3.05) is 11.9 Å². The molecule has 0 bridgehead atoms. The van der Waals surface area contributed by atoms with Crippen LogP contribution in [0.2, 0.25) is 0 Å². The number of para-hydroxylation sites is 1. The number of nitrogens with zero attached hydrogens (tertiary/aromatic N) is 1. The molecule has 0 radical (unpaired) electrons. The Kier molecular flexibility index (Phi) is 4.43. The monoisotopic (exact) mass is 302 g/mol. The van der Waals surface area contributed by atoms with Gasteiger partial charge in [0.15, 0.2) is 0 Å². The van der Waals surface area contributed by atoms with E-state index in [9.17, 15) is 0 Å². The second-order valence-electron chi connectivity index (χ2n) is 7.36. The van der Waals surface area contributed by atoms with E-state index in [1.54, 1.807) is 0 Å². The van der Waals surface area contributed by atoms with E-state index in [1.807, 2.05) is 30.3 Å². The van der Waals surface area contributed by atoms with Crippen LogP contribution in [0.25, 0.3) is 0 Å². The highest BCUT2D eigenvalue weighted by Gasteiger charge is 2.34. The summed E-state index contributed by atoms with van der Waals surface area (Å²) < 4.78 is 0. The molecule has 1 aliphatic rings. The predicted molar refractivity (Wildman–Crippen MR) is 95.6 cm³/mol. The Hall–Kier alpha value is -1.35. The summed E-state index contributed by atoms with van der Waals surface area (Å²) in [5, 5.41) is 3.38. The number of hydrogen-bond donors (Lipinski definition) is 1. The molecule has 0 atom stereocenters. The lowest BCUT2D eigenvalue weighted by atomic mass is 9.78. The van der Waals surface area contributed by atoms with Crippen LogP contribution >= 0.6 is 12.2 Å². The fraction of sp³-hybridized carbons (Fsp3) is 0.500. The van der Waals surface area contributed by atoms with Crippen LogP contribution in [-0.2, 0) is 0 Å². The Morgan fingerprint density at radius 2 is 1.81 bits per heavy atom. The SMILES string of the molecule is CC1(C)CCN(C(C)(C)C)C=C1C(=S)Nc1ccccc1. The second kappa shape index (κ2) is 5.80. The molecule has 1 aromatic rings. The van der Waals surface area contributed by atoms with Crippen molar-refractivity contribution in [2.45, 2.75) is 46.6 Å². The molecule has 0 unspecified atom stereocenters. The summed E-state index contributed by atoms with van der Waals surface area (Å²) >= 11 is 5.67. The number of anilines is 1. The van der Waals surface area contributed by atoms with Gasteiger partial charge in [-0.05, 0) is 44.7 Å². The van der Waals surface area contributed by atoms with E-state index < -0.39 is 0 Å². The maximum Gasteiger partial charge on any atom is 0.108 e. The van der Waals surface area contributed by atoms with Crippen molar-refractivity contribution >= 4 is 22.9 Å². The summed E-state index contributed by atoms with van der Waals surface area (Å²) in [5.41, 5.74) is 2.51. The van der Waals surface area contributed by atoms with Crippen molar-refractivity contribution in [3.8, 4) is 0 Å². The third-order valence-electron chi connectivity index (χ3n) is 4.13. The minimum Gasteiger partial charge on any atom is -0.372 e. The minimum absolute atomic E-state index is 0.112. The van der Waals surface area contributed by atoms with E-state index in [4.69, 9.17) is 12.2 Å². The maximum atomic E-state index is 5.67. The van der Waals surface area contributed by atoms with Gasteiger partial charge in [0.1, 0.15) is 4.99 Å². The molecule has 2 rings (SSSR count). The highest BCUT2D eigenvalue weighted by atomic mass is 32.1. The molecule has 0 saturated heterocycles. The number of benzene rings is 1. The first-order valence-corrected chi connectivity index (χ1v) is 7.96. The molecule has 0 aromatic heterocycles. The lowest BCUT2D eigenvalue weighted by molar-refractivity contribution is 0.163. The third kappa shape index (κ3) is 3.85. The van der Waals surface area contributed by atoms with Crippen LogP contribution in [0.5, 0.6) is 0 Å². The topological polar surface area (TPSA) is 15.3 Å². The molecule has 1 N–H and O–H groups in total. The zero-order valence-corrected chi connectivity index (χ0v) is 14.6. The number of thiocarbonyl (C=S) groups is 1. The van der Waals surface area contributed by atoms with Gasteiger partial charge in [0.05, 0.1) is 0 Å². The normalized spacial score (nSPS) is 18.1. The third-order valence-corrected chi connectivity index (χ3v) is 4.45. The molecule has 0 fully saturated rings. The summed E-state index contributed by atoms with van der Waals surface area (Å²) in [6.07, 6.45) is 3.37. The molecular weight excluding hydrogens is 276 g/mol. The van der Waals surface area contributed by atoms with Crippen LogP contribution in [0.15, 0.2) is 42.1 Å². The summed E-state index contributed by atoms with van der Waals surface area (Å²) in [7, 11) is 0. The molecule has 114 valence electrons. The van der Waals surface area contributed by atoms with E-state index >= 15 is 0 Å². The van der Waals surface area contributed by atoms with Gasteiger partial charge in [-0.25, -0.2) is 0 Å². The lowest BCUT2D eigenvalue weighted by Gasteiger charge is -2.44. The van der Waals surface area contributed by atoms with Gasteiger partial charge in [-0.3, -0.25) is 0 Å². The van der Waals surface area contributed by atoms with E-state index in [0.717, 1.165) is 23.6 Å². The Labute approximate surface area is 134 Å². The van der Waals surface area contributed by atoms with Gasteiger partial charge < -0.3 is 10.2 Å². The summed E-state index contributed by atoms with van der Waals surface area (Å²) in [6, 6.07) is 10.1. The van der Waals surface area contributed by atoms with Crippen molar-refractivity contribution in [3.05, 3.63) is 42.1 Å². The fourth-order valence-electron chi connectivity index (χ4n) is 2.54. The molecule has 2 nitrogen and oxygen atoms in total. The zero-order valence-electron chi connectivity index (χ0n) is 13.7. The van der Waals surface area contributed by atoms with Crippen molar-refractivity contribution in [2.24, 2.45) is 5.41 Å². The van der Waals surface area contributed by atoms with Crippen molar-refractivity contribution in [3.63, 3.8) is 0 Å². The first-order chi connectivity index (χ1) is 9.70. The van der Waals surface area contributed by atoms with Gasteiger partial charge >= 0.3 is 0 Å². The van der Waals surface area contributed by atoms with Gasteiger partial charge in [-0.1, -0.05) is 44.3 Å². The largest absolute Gasteiger partial charge is 0.372 e. The zero-order chi connectivity index (χ0) is 15.7. The van der Waals surface area contributed by atoms with Crippen molar-refractivity contribution < 1.29 is 0 Å². The van der Waals surface area contributed by atoms with Gasteiger partial charge in [0.2, 0.25) is 0 Å². The van der Waals surface area contributed by atoms with E-state index in [-0.39, 0.29) is 11.0 Å². The molecule has 1 heterocycles. The van der Waals surface area contributed by atoms with Crippen LogP contribution < -0.4 is 5.32 Å². The molecule has 1 aromatic carbocycles. The van der Waals surface area contributed by atoms with Crippen LogP contribution in [0.3, 0.4) is 0 Å². The fourth-order valence-corrected chi connectivity index (χ4v) is 2.99. The summed E-state index contributed by atoms with van der Waals surface area (Å²) in [5.74, 6) is 0. The molecule has 0 amide bonds. The standard InChI is InChI=1S/C18H26N2S/c1-17(2,3)20-12-11-18(4,5)15(13-20)16(21)19-14-9-7-6-8-10-14/h6-10,13H,11-12H2,1-5H3,(H,19,21). The molecule has 21 heavy (non-hydrogen) atoms. The molecule has 1 aliphatic heterocycles. The van der Waals surface area contributed by atoms with Gasteiger partial charge in [-0.2, -0.15) is 0 Å². The molecule has 0 spiro atoms. The average Bonchev–Trinajstić information content (AvgIpc) is 2.37. The highest BCUT2D eigenvalue weighted by Crippen LogP contribution is 2.37. The number of rotatable bonds is 2. The first kappa shape index (κ1) is 16.0. The van der Waals surface area contributed by atoms with Crippen molar-refractivity contribution in [1.82, 2.24) is 4.90 Å². The second-order valence-corrected chi connectivity index (χ2v) is 7.77. The predicted octanol–water partition coefficient (Wildman–Crippen LogP) is 4.84. The smallest absolute Gasteiger partial charge is 0.108 e. The highest BCUT2D eigenvalue weighted by molar-refractivity contribution is 7.81. The van der Waals surface area contributed by atoms with Crippen LogP contribution in [0, 0.1) is 5.41 Å². The quantitative estimate of drug-likeness (QED) is 0.787. The van der Waals surface area contributed by atoms with Gasteiger partial charge in [0, 0.05) is 29.5 Å². The summed E-state index contributed by atoms with van der Waals surface area (Å²) in [6.45, 7) is 12.4. The van der Waals surface area contributed by atoms with Crippen LogP contribution in [-0.4, -0.2) is 22.0 Å². The van der Waals surface area contributed by atoms with Crippen LogP contribution in [0.1, 0.15) is 41.0 Å². The lowest BCUT2D eigenvalue weighted by Crippen LogP contribution is -2.44. The maximum absolute atomic E-state index is 5.67. The molecular formula is C18H26N2S. The minimum atomic E-state index is 0.112. The summed E-state index contributed by atoms with van der Waals surface area (Å²) in [4.78, 5) is 3.23. The molecule has 0 aliphatic carbocycles. The Balaban J connectivity index is 2.25.